The molecule has 0 aliphatic rings. The van der Waals surface area contributed by atoms with Crippen LogP contribution in [-0.4, -0.2) is 15.2 Å². The van der Waals surface area contributed by atoms with Crippen LogP contribution in [0.1, 0.15) is 44.6 Å². The molecule has 0 aliphatic carbocycles. The number of nitrogens with zero attached hydrogens (tertiary/aromatic N) is 4. The van der Waals surface area contributed by atoms with Gasteiger partial charge in [0.05, 0.1) is 27.8 Å². The molecule has 2 unspecified atom stereocenters. The van der Waals surface area contributed by atoms with Crippen LogP contribution in [0.2, 0.25) is 0 Å². The van der Waals surface area contributed by atoms with Gasteiger partial charge in [0, 0.05) is 73.2 Å². The number of benzene rings is 20. The highest BCUT2D eigenvalue weighted by Crippen LogP contribution is 2.49. The second-order valence-electron chi connectivity index (χ2n) is 34.4. The number of para-hydroxylation sites is 5. The van der Waals surface area contributed by atoms with Crippen molar-refractivity contribution in [3.05, 3.63) is 503 Å². The van der Waals surface area contributed by atoms with Crippen molar-refractivity contribution in [1.82, 2.24) is 9.13 Å². The lowest BCUT2D eigenvalue weighted by Crippen LogP contribution is -2.36. The molecule has 22 rings (SSSR count). The van der Waals surface area contributed by atoms with Crippen molar-refractivity contribution >= 4 is 72.0 Å². The summed E-state index contributed by atoms with van der Waals surface area (Å²) in [6.07, 6.45) is 2.98. The van der Waals surface area contributed by atoms with Gasteiger partial charge in [-0.1, -0.05) is 384 Å². The van der Waals surface area contributed by atoms with E-state index in [4.69, 9.17) is 0 Å². The van der Waals surface area contributed by atoms with Gasteiger partial charge in [-0.25, -0.2) is 0 Å². The van der Waals surface area contributed by atoms with Gasteiger partial charge in [-0.2, -0.15) is 0 Å². The second-order valence-corrected chi connectivity index (χ2v) is 34.4. The predicted octanol–water partition coefficient (Wildman–Crippen LogP) is 35.2. The average molecular weight is 1680 g/mol. The van der Waals surface area contributed by atoms with Gasteiger partial charge in [0.2, 0.25) is 0 Å². The van der Waals surface area contributed by atoms with Gasteiger partial charge in [0.15, 0.2) is 0 Å². The molecule has 0 bridgehead atoms. The van der Waals surface area contributed by atoms with Crippen LogP contribution in [0.5, 0.6) is 0 Å². The Morgan fingerprint density at radius 1 is 0.214 bits per heavy atom. The minimum atomic E-state index is 0.0996. The molecule has 4 heteroatoms. The monoisotopic (exact) mass is 1680 g/mol. The molecule has 624 valence electrons. The molecule has 0 spiro atoms. The largest absolute Gasteiger partial charge is 0.338 e. The van der Waals surface area contributed by atoms with Crippen molar-refractivity contribution in [2.45, 2.75) is 45.1 Å². The van der Waals surface area contributed by atoms with Gasteiger partial charge in [-0.3, -0.25) is 0 Å². The van der Waals surface area contributed by atoms with E-state index in [1.807, 2.05) is 0 Å². The van der Waals surface area contributed by atoms with Crippen molar-refractivity contribution in [3.63, 3.8) is 0 Å². The molecule has 2 aromatic heterocycles. The summed E-state index contributed by atoms with van der Waals surface area (Å²) < 4.78 is 4.82. The maximum Gasteiger partial charge on any atom is 0.0547 e. The molecular formula is C127H96N4. The number of hydrogen-bond acceptors (Lipinski definition) is 2. The molecule has 22 aromatic rings. The van der Waals surface area contributed by atoms with Crippen LogP contribution in [0, 0.1) is 0 Å². The normalized spacial score (nSPS) is 11.9. The molecule has 0 amide bonds. The first kappa shape index (κ1) is 80.4. The Morgan fingerprint density at radius 3 is 1.05 bits per heavy atom. The molecule has 4 nitrogen and oxygen atoms in total. The standard InChI is InChI=1S/C127H96N4/c1-3-34-113(102-48-29-50-104(84-102)115-60-32-65-124-126(115)117-58-21-24-63-122(117)130(124)106-52-16-8-17-53-106)120(4-2)128(108-74-67-90(68-75-108)95-42-26-41-94(81-95)88-35-10-5-11-36-88)109-76-71-92(72-77-109)100-73-80-112(119(87-100)93-39-14-7-15-40-93)101-47-28-45-98(83-101)97-44-27-43-96(82-97)91-69-78-110(79-70-91)129(111-56-31-46-99(86-111)89-37-12-6-13-38-89)121-62-23-20-57-114(121)103-49-30-51-105(85-103)116-61-33-66-125-127(116)118-59-22-25-64-123(118)131(125)107-54-18-9-19-55-107/h5-33,35-87,113,120H,3-4,34H2,1-2H3. The van der Waals surface area contributed by atoms with Crippen LogP contribution in [0.4, 0.5) is 28.4 Å². The Hall–Kier alpha value is -16.4. The third-order valence-electron chi connectivity index (χ3n) is 26.6. The summed E-state index contributed by atoms with van der Waals surface area (Å²) in [4.78, 5) is 5.09. The summed E-state index contributed by atoms with van der Waals surface area (Å²) in [6, 6.07) is 184. The molecule has 2 heterocycles. The van der Waals surface area contributed by atoms with Gasteiger partial charge in [-0.05, 0) is 269 Å². The Kier molecular flexibility index (Phi) is 22.0. The van der Waals surface area contributed by atoms with E-state index >= 15 is 0 Å². The number of hydrogen-bond donors (Lipinski definition) is 0. The molecule has 0 N–H and O–H groups in total. The number of anilines is 5. The van der Waals surface area contributed by atoms with E-state index in [2.05, 4.69) is 530 Å². The number of fused-ring (bicyclic) bond motifs is 6. The molecular weight excluding hydrogens is 1580 g/mol. The fourth-order valence-electron chi connectivity index (χ4n) is 20.4. The van der Waals surface area contributed by atoms with Crippen LogP contribution in [-0.2, 0) is 0 Å². The topological polar surface area (TPSA) is 16.3 Å². The van der Waals surface area contributed by atoms with Crippen LogP contribution in [0.25, 0.3) is 177 Å². The third kappa shape index (κ3) is 15.7. The van der Waals surface area contributed by atoms with Crippen molar-refractivity contribution in [2.75, 3.05) is 9.80 Å². The molecule has 20 aromatic carbocycles. The molecule has 0 fully saturated rings. The third-order valence-corrected chi connectivity index (χ3v) is 26.6. The molecule has 2 atom stereocenters. The minimum Gasteiger partial charge on any atom is -0.338 e. The maximum absolute atomic E-state index is 2.66. The average Bonchev–Trinajstić information content (AvgIpc) is 1.59. The number of aromatic nitrogens is 2. The van der Waals surface area contributed by atoms with Gasteiger partial charge in [0.1, 0.15) is 0 Å². The smallest absolute Gasteiger partial charge is 0.0547 e. The van der Waals surface area contributed by atoms with E-state index in [1.54, 1.807) is 0 Å². The van der Waals surface area contributed by atoms with Crippen molar-refractivity contribution < 1.29 is 0 Å². The van der Waals surface area contributed by atoms with E-state index in [0.29, 0.717) is 0 Å². The first-order valence-corrected chi connectivity index (χ1v) is 46.0. The van der Waals surface area contributed by atoms with E-state index in [-0.39, 0.29) is 12.0 Å². The zero-order chi connectivity index (χ0) is 87.5. The van der Waals surface area contributed by atoms with E-state index < -0.39 is 0 Å². The van der Waals surface area contributed by atoms with Gasteiger partial charge < -0.3 is 18.9 Å². The highest BCUT2D eigenvalue weighted by atomic mass is 15.2. The number of rotatable bonds is 24. The highest BCUT2D eigenvalue weighted by molar-refractivity contribution is 6.17. The zero-order valence-corrected chi connectivity index (χ0v) is 73.4. The van der Waals surface area contributed by atoms with Crippen LogP contribution in [0.15, 0.2) is 497 Å². The first-order valence-electron chi connectivity index (χ1n) is 46.0. The fourth-order valence-corrected chi connectivity index (χ4v) is 20.4. The lowest BCUT2D eigenvalue weighted by atomic mass is 9.83. The van der Waals surface area contributed by atoms with Crippen LogP contribution in [0.3, 0.4) is 0 Å². The van der Waals surface area contributed by atoms with Crippen LogP contribution < -0.4 is 9.80 Å². The molecule has 0 saturated heterocycles. The van der Waals surface area contributed by atoms with E-state index in [9.17, 15) is 0 Å². The Balaban J connectivity index is 0.581. The van der Waals surface area contributed by atoms with Gasteiger partial charge >= 0.3 is 0 Å². The second kappa shape index (κ2) is 35.8. The molecule has 131 heavy (non-hydrogen) atoms. The fraction of sp³-hybridized carbons (Fsp3) is 0.0551. The first-order chi connectivity index (χ1) is 64.9. The Bertz CT molecular complexity index is 7870. The summed E-state index contributed by atoms with van der Waals surface area (Å²) >= 11 is 0. The highest BCUT2D eigenvalue weighted by Gasteiger charge is 2.31. The minimum absolute atomic E-state index is 0.0996. The molecule has 0 aliphatic heterocycles. The van der Waals surface area contributed by atoms with Crippen molar-refractivity contribution in [3.8, 4) is 134 Å². The van der Waals surface area contributed by atoms with Crippen molar-refractivity contribution in [1.29, 1.82) is 0 Å². The lowest BCUT2D eigenvalue weighted by Gasteiger charge is -2.39. The zero-order valence-electron chi connectivity index (χ0n) is 73.4. The molecule has 0 radical (unpaired) electrons. The summed E-state index contributed by atoms with van der Waals surface area (Å²) in [5.41, 5.74) is 39.7. The molecule has 0 saturated carbocycles. The Morgan fingerprint density at radius 2 is 0.550 bits per heavy atom. The van der Waals surface area contributed by atoms with Crippen LogP contribution >= 0.6 is 0 Å². The quantitative estimate of drug-likeness (QED) is 0.0599. The lowest BCUT2D eigenvalue weighted by molar-refractivity contribution is 0.476. The maximum atomic E-state index is 2.66. The Labute approximate surface area is 767 Å². The SMILES string of the molecule is CCCC(c1cccc(-c2cccc3c2c2ccccc2n3-c2ccccc2)c1)C(CC)N(c1ccc(-c2cccc(-c3ccccc3)c2)cc1)c1ccc(-c2ccc(-c3cccc(-c4cccc(-c5ccc(N(c6cccc(-c7ccccc7)c6)c6ccccc6-c6cccc(-c7cccc8c7c7ccccc7n8-c7ccccc7)c6)cc5)c4)c3)c(-c3ccccc3)c2)cc1. The predicted molar refractivity (Wildman–Crippen MR) is 556 cm³/mol. The summed E-state index contributed by atoms with van der Waals surface area (Å²) in [6.45, 7) is 4.74. The summed E-state index contributed by atoms with van der Waals surface area (Å²) in [7, 11) is 0. The summed E-state index contributed by atoms with van der Waals surface area (Å²) in [5.74, 6) is 0.189. The van der Waals surface area contributed by atoms with E-state index in [1.165, 1.54) is 116 Å². The van der Waals surface area contributed by atoms with Gasteiger partial charge in [0.25, 0.3) is 0 Å². The van der Waals surface area contributed by atoms with Gasteiger partial charge in [-0.15, -0.1) is 0 Å². The summed E-state index contributed by atoms with van der Waals surface area (Å²) in [5, 5.41) is 5.00. The van der Waals surface area contributed by atoms with E-state index in [0.717, 1.165) is 115 Å². The van der Waals surface area contributed by atoms with Crippen molar-refractivity contribution in [2.24, 2.45) is 0 Å².